The van der Waals surface area contributed by atoms with Crippen molar-refractivity contribution in [2.24, 2.45) is 0 Å². The lowest BCUT2D eigenvalue weighted by molar-refractivity contribution is 0.303. The van der Waals surface area contributed by atoms with Gasteiger partial charge in [0.15, 0.2) is 0 Å². The van der Waals surface area contributed by atoms with Crippen LogP contribution in [0.2, 0.25) is 10.0 Å². The van der Waals surface area contributed by atoms with E-state index in [1.165, 1.54) is 22.5 Å². The Morgan fingerprint density at radius 1 is 1.05 bits per heavy atom. The van der Waals surface area contributed by atoms with Gasteiger partial charge in [0.2, 0.25) is 10.0 Å². The van der Waals surface area contributed by atoms with Crippen molar-refractivity contribution < 1.29 is 8.42 Å². The molecule has 1 aliphatic heterocycles. The molecule has 0 spiro atoms. The predicted molar refractivity (Wildman–Crippen MR) is 87.0 cm³/mol. The van der Waals surface area contributed by atoms with E-state index in [4.69, 9.17) is 34.8 Å². The summed E-state index contributed by atoms with van der Waals surface area (Å²) in [6.45, 7) is 3.29. The average Bonchev–Trinajstić information content (AvgIpc) is 2.68. The van der Waals surface area contributed by atoms with Crippen molar-refractivity contribution in [2.75, 3.05) is 38.6 Å². The van der Waals surface area contributed by atoms with Gasteiger partial charge < -0.3 is 4.90 Å². The van der Waals surface area contributed by atoms with Gasteiger partial charge in [0.05, 0.1) is 14.9 Å². The molecule has 0 saturated carbocycles. The van der Waals surface area contributed by atoms with Crippen LogP contribution >= 0.6 is 34.8 Å². The lowest BCUT2D eigenvalue weighted by Gasteiger charge is -2.21. The molecule has 0 aliphatic carbocycles. The van der Waals surface area contributed by atoms with Crippen LogP contribution in [0.15, 0.2) is 23.1 Å². The molecule has 1 heterocycles. The van der Waals surface area contributed by atoms with Crippen LogP contribution < -0.4 is 0 Å². The molecule has 1 aromatic carbocycles. The van der Waals surface area contributed by atoms with Gasteiger partial charge in [-0.05, 0) is 31.2 Å². The van der Waals surface area contributed by atoms with Gasteiger partial charge >= 0.3 is 0 Å². The highest BCUT2D eigenvalue weighted by atomic mass is 35.5. The van der Waals surface area contributed by atoms with Gasteiger partial charge in [0.25, 0.3) is 0 Å². The van der Waals surface area contributed by atoms with Gasteiger partial charge in [-0.25, -0.2) is 8.42 Å². The topological polar surface area (TPSA) is 40.6 Å². The summed E-state index contributed by atoms with van der Waals surface area (Å²) in [6, 6.07) is 4.40. The smallest absolute Gasteiger partial charge is 0.243 e. The van der Waals surface area contributed by atoms with E-state index < -0.39 is 10.0 Å². The zero-order valence-electron chi connectivity index (χ0n) is 11.4. The van der Waals surface area contributed by atoms with Gasteiger partial charge in [0.1, 0.15) is 0 Å². The van der Waals surface area contributed by atoms with E-state index in [2.05, 4.69) is 4.90 Å². The Bertz CT molecular complexity index is 595. The van der Waals surface area contributed by atoms with E-state index in [1.807, 2.05) is 0 Å². The summed E-state index contributed by atoms with van der Waals surface area (Å²) in [5.74, 6) is 0.555. The van der Waals surface area contributed by atoms with Gasteiger partial charge in [-0.1, -0.05) is 23.2 Å². The summed E-state index contributed by atoms with van der Waals surface area (Å²) in [5.41, 5.74) is 0. The summed E-state index contributed by atoms with van der Waals surface area (Å²) in [4.78, 5) is 2.36. The van der Waals surface area contributed by atoms with E-state index >= 15 is 0 Å². The first kappa shape index (κ1) is 17.3. The van der Waals surface area contributed by atoms with E-state index in [0.29, 0.717) is 30.5 Å². The summed E-state index contributed by atoms with van der Waals surface area (Å²) in [7, 11) is -3.53. The standard InChI is InChI=1S/C13H17Cl3N2O2S/c14-4-7-17-5-1-6-18(9-8-17)21(19,20)11-2-3-12(15)13(16)10-11/h2-3,10H,1,4-9H2. The lowest BCUT2D eigenvalue weighted by atomic mass is 10.4. The molecule has 0 amide bonds. The third-order valence-corrected chi connectivity index (χ3v) is 6.28. The van der Waals surface area contributed by atoms with Gasteiger partial charge in [-0.2, -0.15) is 4.31 Å². The fraction of sp³-hybridized carbons (Fsp3) is 0.538. The Kier molecular flexibility index (Phi) is 6.17. The van der Waals surface area contributed by atoms with Gasteiger partial charge in [-0.15, -0.1) is 11.6 Å². The molecule has 0 radical (unpaired) electrons. The first-order valence-corrected chi connectivity index (χ1v) is 9.41. The predicted octanol–water partition coefficient (Wildman–Crippen LogP) is 2.93. The van der Waals surface area contributed by atoms with Crippen LogP contribution in [-0.2, 0) is 10.0 Å². The average molecular weight is 372 g/mol. The normalized spacial score (nSPS) is 18.6. The molecule has 118 valence electrons. The van der Waals surface area contributed by atoms with Crippen LogP contribution in [0.5, 0.6) is 0 Å². The maximum Gasteiger partial charge on any atom is 0.243 e. The number of rotatable bonds is 4. The molecule has 8 heteroatoms. The van der Waals surface area contributed by atoms with Crippen molar-refractivity contribution in [1.82, 2.24) is 9.21 Å². The fourth-order valence-electron chi connectivity index (χ4n) is 2.32. The van der Waals surface area contributed by atoms with E-state index in [0.717, 1.165) is 19.5 Å². The number of halogens is 3. The molecule has 1 fully saturated rings. The third-order valence-electron chi connectivity index (χ3n) is 3.48. The van der Waals surface area contributed by atoms with Crippen LogP contribution in [0.4, 0.5) is 0 Å². The number of hydrogen-bond donors (Lipinski definition) is 0. The maximum atomic E-state index is 12.6. The molecular formula is C13H17Cl3N2O2S. The fourth-order valence-corrected chi connectivity index (χ4v) is 4.42. The van der Waals surface area contributed by atoms with Gasteiger partial charge in [-0.3, -0.25) is 0 Å². The maximum absolute atomic E-state index is 12.6. The molecule has 1 aromatic rings. The van der Waals surface area contributed by atoms with Crippen molar-refractivity contribution in [1.29, 1.82) is 0 Å². The quantitative estimate of drug-likeness (QED) is 0.764. The minimum absolute atomic E-state index is 0.183. The van der Waals surface area contributed by atoms with Crippen LogP contribution in [0.3, 0.4) is 0 Å². The Labute approximate surface area is 140 Å². The summed E-state index contributed by atoms with van der Waals surface area (Å²) in [6.07, 6.45) is 0.789. The second-order valence-electron chi connectivity index (χ2n) is 4.86. The van der Waals surface area contributed by atoms with Crippen molar-refractivity contribution in [3.05, 3.63) is 28.2 Å². The number of benzene rings is 1. The molecule has 0 aromatic heterocycles. The molecular weight excluding hydrogens is 355 g/mol. The minimum Gasteiger partial charge on any atom is -0.301 e. The zero-order chi connectivity index (χ0) is 15.5. The highest BCUT2D eigenvalue weighted by Gasteiger charge is 2.27. The van der Waals surface area contributed by atoms with E-state index in [1.54, 1.807) is 0 Å². The largest absolute Gasteiger partial charge is 0.301 e. The molecule has 1 aliphatic rings. The van der Waals surface area contributed by atoms with E-state index in [-0.39, 0.29) is 9.92 Å². The van der Waals surface area contributed by atoms with Crippen molar-refractivity contribution in [3.63, 3.8) is 0 Å². The van der Waals surface area contributed by atoms with Crippen LogP contribution in [-0.4, -0.2) is 56.2 Å². The second-order valence-corrected chi connectivity index (χ2v) is 7.99. The first-order chi connectivity index (χ1) is 9.95. The molecule has 0 atom stereocenters. The van der Waals surface area contributed by atoms with Gasteiger partial charge in [0, 0.05) is 32.1 Å². The number of alkyl halides is 1. The van der Waals surface area contributed by atoms with Crippen LogP contribution in [0.1, 0.15) is 6.42 Å². The Balaban J connectivity index is 2.17. The monoisotopic (exact) mass is 370 g/mol. The molecule has 21 heavy (non-hydrogen) atoms. The molecule has 4 nitrogen and oxygen atoms in total. The third kappa shape index (κ3) is 4.24. The van der Waals surface area contributed by atoms with Crippen molar-refractivity contribution in [3.8, 4) is 0 Å². The molecule has 2 rings (SSSR count). The summed E-state index contributed by atoms with van der Waals surface area (Å²) < 4.78 is 26.8. The van der Waals surface area contributed by atoms with Crippen molar-refractivity contribution in [2.45, 2.75) is 11.3 Å². The zero-order valence-corrected chi connectivity index (χ0v) is 14.5. The number of nitrogens with zero attached hydrogens (tertiary/aromatic N) is 2. The SMILES string of the molecule is O=S(=O)(c1ccc(Cl)c(Cl)c1)N1CCCN(CCCl)CC1. The molecule has 1 saturated heterocycles. The Morgan fingerprint density at radius 2 is 1.81 bits per heavy atom. The van der Waals surface area contributed by atoms with E-state index in [9.17, 15) is 8.42 Å². The van der Waals surface area contributed by atoms with Crippen LogP contribution in [0, 0.1) is 0 Å². The molecule has 0 N–H and O–H groups in total. The molecule has 0 unspecified atom stereocenters. The number of sulfonamides is 1. The Morgan fingerprint density at radius 3 is 2.48 bits per heavy atom. The highest BCUT2D eigenvalue weighted by molar-refractivity contribution is 7.89. The minimum atomic E-state index is -3.53. The lowest BCUT2D eigenvalue weighted by Crippen LogP contribution is -2.35. The summed E-state index contributed by atoms with van der Waals surface area (Å²) in [5, 5.41) is 0.594. The first-order valence-electron chi connectivity index (χ1n) is 6.68. The number of hydrogen-bond acceptors (Lipinski definition) is 3. The highest BCUT2D eigenvalue weighted by Crippen LogP contribution is 2.27. The Hall–Kier alpha value is -0.0400. The van der Waals surface area contributed by atoms with Crippen LogP contribution in [0.25, 0.3) is 0 Å². The summed E-state index contributed by atoms with van der Waals surface area (Å²) >= 11 is 17.5. The second kappa shape index (κ2) is 7.49. The van der Waals surface area contributed by atoms with Crippen molar-refractivity contribution >= 4 is 44.8 Å². The molecule has 0 bridgehead atoms.